The van der Waals surface area contributed by atoms with Gasteiger partial charge >= 0.3 is 0 Å². The van der Waals surface area contributed by atoms with Gasteiger partial charge in [-0.3, -0.25) is 9.89 Å². The van der Waals surface area contributed by atoms with Crippen LogP contribution in [0.15, 0.2) is 53.7 Å². The number of nitrogens with one attached hydrogen (secondary N) is 1. The second kappa shape index (κ2) is 8.84. The van der Waals surface area contributed by atoms with Crippen molar-refractivity contribution in [2.24, 2.45) is 0 Å². The zero-order valence-corrected chi connectivity index (χ0v) is 17.1. The van der Waals surface area contributed by atoms with E-state index < -0.39 is 0 Å². The van der Waals surface area contributed by atoms with Crippen LogP contribution in [-0.4, -0.2) is 57.9 Å². The van der Waals surface area contributed by atoms with Gasteiger partial charge in [-0.2, -0.15) is 0 Å². The molecule has 0 atom stereocenters. The first-order chi connectivity index (χ1) is 14.1. The van der Waals surface area contributed by atoms with Gasteiger partial charge in [0.25, 0.3) is 0 Å². The smallest absolute Gasteiger partial charge is 0.233 e. The van der Waals surface area contributed by atoms with Crippen molar-refractivity contribution >= 4 is 35.0 Å². The number of anilines is 1. The molecule has 1 fully saturated rings. The summed E-state index contributed by atoms with van der Waals surface area (Å²) in [6.07, 6.45) is 0. The van der Waals surface area contributed by atoms with E-state index in [-0.39, 0.29) is 17.5 Å². The predicted octanol–water partition coefficient (Wildman–Crippen LogP) is 3.71. The fourth-order valence-electron chi connectivity index (χ4n) is 3.17. The van der Waals surface area contributed by atoms with Crippen molar-refractivity contribution in [3.8, 4) is 11.4 Å². The van der Waals surface area contributed by atoms with Gasteiger partial charge in [0.2, 0.25) is 11.1 Å². The minimum Gasteiger partial charge on any atom is -0.368 e. The molecule has 0 unspecified atom stereocenters. The quantitative estimate of drug-likeness (QED) is 0.624. The number of aromatic amines is 1. The average Bonchev–Trinajstić information content (AvgIpc) is 3.22. The number of halogens is 2. The highest BCUT2D eigenvalue weighted by atomic mass is 35.5. The van der Waals surface area contributed by atoms with Crippen molar-refractivity contribution in [2.75, 3.05) is 36.8 Å². The molecule has 1 aromatic heterocycles. The Labute approximate surface area is 177 Å². The molecule has 150 valence electrons. The van der Waals surface area contributed by atoms with Gasteiger partial charge in [0.1, 0.15) is 5.82 Å². The number of H-pyrrole nitrogens is 1. The second-order valence-electron chi connectivity index (χ2n) is 6.58. The van der Waals surface area contributed by atoms with E-state index in [4.69, 9.17) is 11.6 Å². The third-order valence-electron chi connectivity index (χ3n) is 4.74. The van der Waals surface area contributed by atoms with Crippen LogP contribution < -0.4 is 4.90 Å². The number of piperazine rings is 1. The standard InChI is InChI=1S/C20H19ClFN5OS/c21-17-4-2-1-3-16(17)19-23-20(25-24-19)29-13-18(28)27-11-9-26(10-12-27)15-7-5-14(22)6-8-15/h1-8H,9-13H2,(H,23,24,25). The van der Waals surface area contributed by atoms with Gasteiger partial charge in [-0.25, -0.2) is 9.37 Å². The maximum atomic E-state index is 13.1. The zero-order chi connectivity index (χ0) is 20.2. The van der Waals surface area contributed by atoms with E-state index in [2.05, 4.69) is 20.1 Å². The fraction of sp³-hybridized carbons (Fsp3) is 0.250. The molecule has 29 heavy (non-hydrogen) atoms. The summed E-state index contributed by atoms with van der Waals surface area (Å²) in [4.78, 5) is 21.0. The van der Waals surface area contributed by atoms with E-state index in [9.17, 15) is 9.18 Å². The van der Waals surface area contributed by atoms with Gasteiger partial charge < -0.3 is 9.80 Å². The summed E-state index contributed by atoms with van der Waals surface area (Å²) in [6.45, 7) is 2.71. The lowest BCUT2D eigenvalue weighted by atomic mass is 10.2. The summed E-state index contributed by atoms with van der Waals surface area (Å²) in [5.41, 5.74) is 1.75. The molecule has 0 spiro atoms. The largest absolute Gasteiger partial charge is 0.368 e. The Morgan fingerprint density at radius 2 is 1.83 bits per heavy atom. The maximum absolute atomic E-state index is 13.1. The normalized spacial score (nSPS) is 14.3. The van der Waals surface area contributed by atoms with E-state index >= 15 is 0 Å². The van der Waals surface area contributed by atoms with E-state index in [1.165, 1.54) is 23.9 Å². The van der Waals surface area contributed by atoms with Crippen LogP contribution in [0.3, 0.4) is 0 Å². The molecule has 1 saturated heterocycles. The van der Waals surface area contributed by atoms with E-state index in [0.717, 1.165) is 24.3 Å². The topological polar surface area (TPSA) is 65.1 Å². The first kappa shape index (κ1) is 19.7. The third kappa shape index (κ3) is 4.71. The number of nitrogens with zero attached hydrogens (tertiary/aromatic N) is 4. The lowest BCUT2D eigenvalue weighted by molar-refractivity contribution is -0.128. The molecule has 1 aliphatic heterocycles. The monoisotopic (exact) mass is 431 g/mol. The molecule has 0 radical (unpaired) electrons. The molecular formula is C20H19ClFN5OS. The SMILES string of the molecule is O=C(CSc1n[nH]c(-c2ccccc2Cl)n1)N1CCN(c2ccc(F)cc2)CC1. The van der Waals surface area contributed by atoms with E-state index in [1.54, 1.807) is 18.2 Å². The highest BCUT2D eigenvalue weighted by molar-refractivity contribution is 7.99. The molecule has 1 aliphatic rings. The van der Waals surface area contributed by atoms with Crippen LogP contribution in [0.1, 0.15) is 0 Å². The maximum Gasteiger partial charge on any atom is 0.233 e. The van der Waals surface area contributed by atoms with Crippen LogP contribution in [0, 0.1) is 5.82 Å². The van der Waals surface area contributed by atoms with Crippen LogP contribution in [-0.2, 0) is 4.79 Å². The van der Waals surface area contributed by atoms with Crippen LogP contribution in [0.2, 0.25) is 5.02 Å². The van der Waals surface area contributed by atoms with Gasteiger partial charge in [0.05, 0.1) is 10.8 Å². The van der Waals surface area contributed by atoms with Gasteiger partial charge in [0.15, 0.2) is 5.82 Å². The molecule has 4 rings (SSSR count). The van der Waals surface area contributed by atoms with Crippen molar-refractivity contribution < 1.29 is 9.18 Å². The lowest BCUT2D eigenvalue weighted by Gasteiger charge is -2.36. The zero-order valence-electron chi connectivity index (χ0n) is 15.5. The first-order valence-corrected chi connectivity index (χ1v) is 10.5. The van der Waals surface area contributed by atoms with Crippen molar-refractivity contribution in [1.82, 2.24) is 20.1 Å². The molecule has 1 N–H and O–H groups in total. The van der Waals surface area contributed by atoms with Crippen LogP contribution in [0.5, 0.6) is 0 Å². The number of rotatable bonds is 5. The molecule has 0 bridgehead atoms. The third-order valence-corrected chi connectivity index (χ3v) is 5.90. The van der Waals surface area contributed by atoms with Crippen molar-refractivity contribution in [3.63, 3.8) is 0 Å². The minimum atomic E-state index is -0.246. The molecule has 0 aliphatic carbocycles. The molecule has 9 heteroatoms. The summed E-state index contributed by atoms with van der Waals surface area (Å²) in [5.74, 6) is 0.664. The van der Waals surface area contributed by atoms with Crippen LogP contribution in [0.25, 0.3) is 11.4 Å². The van der Waals surface area contributed by atoms with Crippen molar-refractivity contribution in [3.05, 3.63) is 59.4 Å². The van der Waals surface area contributed by atoms with Gasteiger partial charge in [0, 0.05) is 37.4 Å². The number of carbonyl (C=O) groups is 1. The number of aromatic nitrogens is 3. The summed E-state index contributed by atoms with van der Waals surface area (Å²) < 4.78 is 13.1. The summed E-state index contributed by atoms with van der Waals surface area (Å²) in [5, 5.41) is 8.14. The number of thioether (sulfide) groups is 1. The summed E-state index contributed by atoms with van der Waals surface area (Å²) >= 11 is 7.48. The Balaban J connectivity index is 1.29. The predicted molar refractivity (Wildman–Crippen MR) is 113 cm³/mol. The molecule has 2 aromatic carbocycles. The Kier molecular flexibility index (Phi) is 6.01. The van der Waals surface area contributed by atoms with Crippen molar-refractivity contribution in [1.29, 1.82) is 0 Å². The molecule has 3 aromatic rings. The Bertz CT molecular complexity index is 989. The Morgan fingerprint density at radius 1 is 1.10 bits per heavy atom. The van der Waals surface area contributed by atoms with E-state index in [1.807, 2.05) is 23.1 Å². The van der Waals surface area contributed by atoms with Gasteiger partial charge in [-0.05, 0) is 36.4 Å². The Morgan fingerprint density at radius 3 is 2.55 bits per heavy atom. The molecule has 2 heterocycles. The number of hydrogen-bond acceptors (Lipinski definition) is 5. The Hall–Kier alpha value is -2.58. The number of benzene rings is 2. The first-order valence-electron chi connectivity index (χ1n) is 9.18. The molecular weight excluding hydrogens is 413 g/mol. The molecule has 1 amide bonds. The van der Waals surface area contributed by atoms with Crippen molar-refractivity contribution in [2.45, 2.75) is 5.16 Å². The summed E-state index contributed by atoms with van der Waals surface area (Å²) in [6, 6.07) is 13.8. The van der Waals surface area contributed by atoms with Crippen LogP contribution in [0.4, 0.5) is 10.1 Å². The number of hydrogen-bond donors (Lipinski definition) is 1. The summed E-state index contributed by atoms with van der Waals surface area (Å²) in [7, 11) is 0. The molecule has 6 nitrogen and oxygen atoms in total. The number of carbonyl (C=O) groups excluding carboxylic acids is 1. The van der Waals surface area contributed by atoms with Crippen LogP contribution >= 0.6 is 23.4 Å². The lowest BCUT2D eigenvalue weighted by Crippen LogP contribution is -2.49. The number of amides is 1. The molecule has 0 saturated carbocycles. The average molecular weight is 432 g/mol. The van der Waals surface area contributed by atoms with Gasteiger partial charge in [-0.1, -0.05) is 35.5 Å². The fourth-order valence-corrected chi connectivity index (χ4v) is 4.09. The highest BCUT2D eigenvalue weighted by Crippen LogP contribution is 2.26. The highest BCUT2D eigenvalue weighted by Gasteiger charge is 2.22. The van der Waals surface area contributed by atoms with E-state index in [0.29, 0.717) is 29.1 Å². The van der Waals surface area contributed by atoms with Gasteiger partial charge in [-0.15, -0.1) is 5.10 Å². The second-order valence-corrected chi connectivity index (χ2v) is 7.93. The minimum absolute atomic E-state index is 0.0536.